The van der Waals surface area contributed by atoms with Gasteiger partial charge in [0.25, 0.3) is 0 Å². The Bertz CT molecular complexity index is 1180. The minimum absolute atomic E-state index is 0.0405. The van der Waals surface area contributed by atoms with Gasteiger partial charge in [0.2, 0.25) is 11.8 Å². The van der Waals surface area contributed by atoms with Crippen LogP contribution in [0.4, 0.5) is 23.2 Å². The number of benzene rings is 2. The lowest BCUT2D eigenvalue weighted by Gasteiger charge is -2.17. The molecule has 0 fully saturated rings. The largest absolute Gasteiger partial charge is 0.417 e. The van der Waals surface area contributed by atoms with Crippen molar-refractivity contribution < 1.29 is 27.2 Å². The molecule has 0 radical (unpaired) electrons. The van der Waals surface area contributed by atoms with Crippen LogP contribution >= 0.6 is 22.9 Å². The van der Waals surface area contributed by atoms with Crippen LogP contribution in [0.1, 0.15) is 15.4 Å². The van der Waals surface area contributed by atoms with Crippen LogP contribution in [0.25, 0.3) is 11.3 Å². The fourth-order valence-corrected chi connectivity index (χ4v) is 4.19. The molecule has 0 aliphatic carbocycles. The lowest BCUT2D eigenvalue weighted by molar-refractivity contribution is -0.137. The summed E-state index contributed by atoms with van der Waals surface area (Å²) in [6.07, 6.45) is -4.71. The van der Waals surface area contributed by atoms with E-state index >= 15 is 0 Å². The first-order chi connectivity index (χ1) is 15.4. The Hall–Kier alpha value is -2.98. The molecule has 0 spiro atoms. The van der Waals surface area contributed by atoms with E-state index in [1.807, 2.05) is 0 Å². The van der Waals surface area contributed by atoms with Gasteiger partial charge < -0.3 is 10.2 Å². The van der Waals surface area contributed by atoms with Crippen molar-refractivity contribution in [1.82, 2.24) is 9.88 Å². The first-order valence-electron chi connectivity index (χ1n) is 9.57. The zero-order valence-corrected chi connectivity index (χ0v) is 19.0. The number of amides is 2. The average molecular weight is 500 g/mol. The molecule has 33 heavy (non-hydrogen) atoms. The quantitative estimate of drug-likeness (QED) is 0.451. The Morgan fingerprint density at radius 1 is 1.15 bits per heavy atom. The van der Waals surface area contributed by atoms with E-state index in [2.05, 4.69) is 10.3 Å². The molecule has 0 unspecified atom stereocenters. The third-order valence-electron chi connectivity index (χ3n) is 4.60. The van der Waals surface area contributed by atoms with Gasteiger partial charge in [-0.2, -0.15) is 13.2 Å². The number of anilines is 1. The fraction of sp³-hybridized carbons (Fsp3) is 0.227. The lowest BCUT2D eigenvalue weighted by Crippen LogP contribution is -2.35. The zero-order chi connectivity index (χ0) is 24.3. The van der Waals surface area contributed by atoms with Gasteiger partial charge in [-0.1, -0.05) is 11.6 Å². The number of carbonyl (C=O) groups excluding carboxylic acids is 2. The number of carbonyl (C=O) groups is 2. The molecule has 1 aromatic heterocycles. The molecular formula is C22H18ClF4N3O2S. The first kappa shape index (κ1) is 24.7. The highest BCUT2D eigenvalue weighted by Crippen LogP contribution is 2.36. The Labute approximate surface area is 196 Å². The summed E-state index contributed by atoms with van der Waals surface area (Å²) < 4.78 is 52.2. The SMILES string of the molecule is Cc1nc(-c2ccc(F)cc2)c(CC(=O)N(C)CC(=O)Nc2ccc(Cl)c(C(F)(F)F)c2)s1. The highest BCUT2D eigenvalue weighted by Gasteiger charge is 2.33. The normalized spacial score (nSPS) is 11.4. The summed E-state index contributed by atoms with van der Waals surface area (Å²) in [6.45, 7) is 1.41. The van der Waals surface area contributed by atoms with Crippen molar-refractivity contribution in [3.8, 4) is 11.3 Å². The van der Waals surface area contributed by atoms with Gasteiger partial charge in [-0.15, -0.1) is 11.3 Å². The lowest BCUT2D eigenvalue weighted by atomic mass is 10.1. The fourth-order valence-electron chi connectivity index (χ4n) is 3.02. The van der Waals surface area contributed by atoms with Crippen molar-refractivity contribution in [2.45, 2.75) is 19.5 Å². The molecule has 1 heterocycles. The zero-order valence-electron chi connectivity index (χ0n) is 17.5. The molecule has 0 saturated carbocycles. The van der Waals surface area contributed by atoms with Crippen LogP contribution in [0.3, 0.4) is 0 Å². The van der Waals surface area contributed by atoms with E-state index in [0.29, 0.717) is 16.1 Å². The van der Waals surface area contributed by atoms with Crippen molar-refractivity contribution in [2.24, 2.45) is 0 Å². The van der Waals surface area contributed by atoms with E-state index in [1.165, 1.54) is 41.5 Å². The average Bonchev–Trinajstić information content (AvgIpc) is 3.09. The second kappa shape index (κ2) is 9.88. The monoisotopic (exact) mass is 499 g/mol. The molecule has 11 heteroatoms. The third-order valence-corrected chi connectivity index (χ3v) is 5.90. The summed E-state index contributed by atoms with van der Waals surface area (Å²) in [4.78, 5) is 31.2. The van der Waals surface area contributed by atoms with Gasteiger partial charge in [0.15, 0.2) is 0 Å². The van der Waals surface area contributed by atoms with Crippen molar-refractivity contribution in [3.05, 3.63) is 68.8 Å². The van der Waals surface area contributed by atoms with Gasteiger partial charge in [-0.25, -0.2) is 9.37 Å². The molecule has 0 bridgehead atoms. The molecule has 3 rings (SSSR count). The molecule has 0 saturated heterocycles. The Morgan fingerprint density at radius 3 is 2.45 bits per heavy atom. The van der Waals surface area contributed by atoms with E-state index in [9.17, 15) is 27.2 Å². The van der Waals surface area contributed by atoms with Crippen molar-refractivity contribution in [1.29, 1.82) is 0 Å². The number of rotatable bonds is 6. The molecule has 0 aliphatic heterocycles. The van der Waals surface area contributed by atoms with Gasteiger partial charge in [0.05, 0.1) is 34.3 Å². The highest BCUT2D eigenvalue weighted by molar-refractivity contribution is 7.12. The van der Waals surface area contributed by atoms with Crippen molar-refractivity contribution in [2.75, 3.05) is 18.9 Å². The maximum Gasteiger partial charge on any atom is 0.417 e. The summed E-state index contributed by atoms with van der Waals surface area (Å²) >= 11 is 6.89. The van der Waals surface area contributed by atoms with E-state index in [0.717, 1.165) is 17.1 Å². The number of aromatic nitrogens is 1. The Kier molecular flexibility index (Phi) is 7.38. The van der Waals surface area contributed by atoms with Gasteiger partial charge in [0, 0.05) is 23.2 Å². The molecule has 0 aliphatic rings. The highest BCUT2D eigenvalue weighted by atomic mass is 35.5. The minimum Gasteiger partial charge on any atom is -0.336 e. The van der Waals surface area contributed by atoms with Crippen LogP contribution in [0.5, 0.6) is 0 Å². The number of thiazole rings is 1. The van der Waals surface area contributed by atoms with Crippen LogP contribution in [0.15, 0.2) is 42.5 Å². The van der Waals surface area contributed by atoms with Crippen LogP contribution in [0.2, 0.25) is 5.02 Å². The summed E-state index contributed by atoms with van der Waals surface area (Å²) in [5.41, 5.74) is 0.0613. The maximum absolute atomic E-state index is 13.2. The number of halogens is 5. The number of likely N-dealkylation sites (N-methyl/N-ethyl adjacent to an activating group) is 1. The smallest absolute Gasteiger partial charge is 0.336 e. The van der Waals surface area contributed by atoms with E-state index in [-0.39, 0.29) is 24.6 Å². The van der Waals surface area contributed by atoms with Crippen molar-refractivity contribution in [3.63, 3.8) is 0 Å². The predicted molar refractivity (Wildman–Crippen MR) is 119 cm³/mol. The molecule has 1 N–H and O–H groups in total. The maximum atomic E-state index is 13.2. The second-order valence-electron chi connectivity index (χ2n) is 7.18. The number of nitrogens with zero attached hydrogens (tertiary/aromatic N) is 2. The summed E-state index contributed by atoms with van der Waals surface area (Å²) in [5, 5.41) is 2.58. The third kappa shape index (κ3) is 6.29. The Balaban J connectivity index is 1.66. The number of alkyl halides is 3. The Morgan fingerprint density at radius 2 is 1.82 bits per heavy atom. The topological polar surface area (TPSA) is 62.3 Å². The molecule has 2 aromatic carbocycles. The van der Waals surface area contributed by atoms with Crippen LogP contribution in [0, 0.1) is 12.7 Å². The van der Waals surface area contributed by atoms with Gasteiger partial charge in [-0.05, 0) is 49.4 Å². The van der Waals surface area contributed by atoms with Gasteiger partial charge in [0.1, 0.15) is 5.82 Å². The molecule has 0 atom stereocenters. The number of aryl methyl sites for hydroxylation is 1. The summed E-state index contributed by atoms with van der Waals surface area (Å²) in [7, 11) is 1.41. The molecular weight excluding hydrogens is 482 g/mol. The predicted octanol–water partition coefficient (Wildman–Crippen LogP) is 5.57. The number of hydrogen-bond acceptors (Lipinski definition) is 4. The van der Waals surface area contributed by atoms with Crippen LogP contribution in [-0.4, -0.2) is 35.3 Å². The molecule has 5 nitrogen and oxygen atoms in total. The minimum atomic E-state index is -4.67. The number of nitrogens with one attached hydrogen (secondary N) is 1. The van der Waals surface area contributed by atoms with E-state index < -0.39 is 28.5 Å². The molecule has 3 aromatic rings. The number of hydrogen-bond donors (Lipinski definition) is 1. The van der Waals surface area contributed by atoms with Crippen LogP contribution in [-0.2, 0) is 22.2 Å². The molecule has 174 valence electrons. The van der Waals surface area contributed by atoms with Gasteiger partial charge in [-0.3, -0.25) is 9.59 Å². The summed E-state index contributed by atoms with van der Waals surface area (Å²) in [6, 6.07) is 8.74. The first-order valence-corrected chi connectivity index (χ1v) is 10.8. The second-order valence-corrected chi connectivity index (χ2v) is 8.87. The van der Waals surface area contributed by atoms with Crippen molar-refractivity contribution >= 4 is 40.4 Å². The van der Waals surface area contributed by atoms with E-state index in [4.69, 9.17) is 11.6 Å². The van der Waals surface area contributed by atoms with Crippen LogP contribution < -0.4 is 5.32 Å². The van der Waals surface area contributed by atoms with E-state index in [1.54, 1.807) is 19.1 Å². The van der Waals surface area contributed by atoms with Gasteiger partial charge >= 0.3 is 6.18 Å². The summed E-state index contributed by atoms with van der Waals surface area (Å²) in [5.74, 6) is -1.44. The standard InChI is InChI=1S/C22H18ClF4N3O2S/c1-12-28-21(13-3-5-14(24)6-4-13)18(33-12)10-20(32)30(2)11-19(31)29-15-7-8-17(23)16(9-15)22(25,26)27/h3-9H,10-11H2,1-2H3,(H,29,31). The molecule has 2 amide bonds.